The summed E-state index contributed by atoms with van der Waals surface area (Å²) in [5.74, 6) is 4.64. The van der Waals surface area contributed by atoms with Gasteiger partial charge in [0.25, 0.3) is 0 Å². The quantitative estimate of drug-likeness (QED) is 0.716. The van der Waals surface area contributed by atoms with Gasteiger partial charge in [-0.1, -0.05) is 33.6 Å². The number of rotatable bonds is 7. The molecule has 0 aromatic carbocycles. The maximum atomic E-state index is 3.71. The fourth-order valence-electron chi connectivity index (χ4n) is 2.56. The number of thioether (sulfide) groups is 1. The Morgan fingerprint density at radius 2 is 2.00 bits per heavy atom. The van der Waals surface area contributed by atoms with E-state index in [1.807, 2.05) is 0 Å². The van der Waals surface area contributed by atoms with E-state index in [0.717, 1.165) is 24.4 Å². The molecule has 0 amide bonds. The maximum Gasteiger partial charge on any atom is 0.0106 e. The highest BCUT2D eigenvalue weighted by Gasteiger charge is 2.26. The molecule has 1 nitrogen and oxygen atoms in total. The van der Waals surface area contributed by atoms with Crippen LogP contribution in [0.3, 0.4) is 0 Å². The molecule has 0 bridgehead atoms. The van der Waals surface area contributed by atoms with Gasteiger partial charge in [-0.05, 0) is 42.7 Å². The molecule has 15 heavy (non-hydrogen) atoms. The lowest BCUT2D eigenvalue weighted by Gasteiger charge is -2.27. The van der Waals surface area contributed by atoms with Gasteiger partial charge in [0.2, 0.25) is 0 Å². The van der Waals surface area contributed by atoms with E-state index in [2.05, 4.69) is 37.8 Å². The van der Waals surface area contributed by atoms with Crippen LogP contribution in [0, 0.1) is 11.8 Å². The molecule has 2 unspecified atom stereocenters. The standard InChI is InChI=1S/C13H27NS/c1-4-11(5-2)9-13(14-6-3)12-7-8-15-10-12/h11-14H,4-10H2,1-3H3. The third-order valence-corrected chi connectivity index (χ3v) is 4.93. The molecule has 1 aliphatic rings. The van der Waals surface area contributed by atoms with Crippen LogP contribution in [-0.4, -0.2) is 24.1 Å². The lowest BCUT2D eigenvalue weighted by atomic mass is 9.87. The van der Waals surface area contributed by atoms with Crippen LogP contribution in [0.2, 0.25) is 0 Å². The van der Waals surface area contributed by atoms with E-state index in [9.17, 15) is 0 Å². The summed E-state index contributed by atoms with van der Waals surface area (Å²) in [5.41, 5.74) is 0. The molecule has 2 atom stereocenters. The second-order valence-electron chi connectivity index (χ2n) is 4.71. The highest BCUT2D eigenvalue weighted by molar-refractivity contribution is 7.99. The number of hydrogen-bond acceptors (Lipinski definition) is 2. The Morgan fingerprint density at radius 3 is 2.47 bits per heavy atom. The van der Waals surface area contributed by atoms with Crippen molar-refractivity contribution in [2.24, 2.45) is 11.8 Å². The van der Waals surface area contributed by atoms with Gasteiger partial charge in [0.05, 0.1) is 0 Å². The van der Waals surface area contributed by atoms with Crippen LogP contribution in [0.5, 0.6) is 0 Å². The van der Waals surface area contributed by atoms with Crippen molar-refractivity contribution < 1.29 is 0 Å². The Kier molecular flexibility index (Phi) is 6.74. The summed E-state index contributed by atoms with van der Waals surface area (Å²) in [6.45, 7) is 8.04. The zero-order valence-electron chi connectivity index (χ0n) is 10.6. The first kappa shape index (κ1) is 13.4. The third-order valence-electron chi connectivity index (χ3n) is 3.74. The lowest BCUT2D eigenvalue weighted by molar-refractivity contribution is 0.302. The molecular weight excluding hydrogens is 202 g/mol. The van der Waals surface area contributed by atoms with Crippen molar-refractivity contribution in [2.75, 3.05) is 18.1 Å². The number of nitrogens with one attached hydrogen (secondary N) is 1. The van der Waals surface area contributed by atoms with E-state index in [4.69, 9.17) is 0 Å². The lowest BCUT2D eigenvalue weighted by Crippen LogP contribution is -2.37. The first-order valence-corrected chi connectivity index (χ1v) is 7.78. The largest absolute Gasteiger partial charge is 0.314 e. The van der Waals surface area contributed by atoms with Crippen molar-refractivity contribution in [1.82, 2.24) is 5.32 Å². The molecule has 2 heteroatoms. The topological polar surface area (TPSA) is 12.0 Å². The Bertz CT molecular complexity index is 151. The Labute approximate surface area is 99.8 Å². The molecule has 1 aliphatic heterocycles. The average molecular weight is 229 g/mol. The van der Waals surface area contributed by atoms with Gasteiger partial charge in [0.15, 0.2) is 0 Å². The van der Waals surface area contributed by atoms with Gasteiger partial charge in [-0.3, -0.25) is 0 Å². The summed E-state index contributed by atoms with van der Waals surface area (Å²) in [4.78, 5) is 0. The summed E-state index contributed by atoms with van der Waals surface area (Å²) in [6.07, 6.45) is 5.52. The van der Waals surface area contributed by atoms with Crippen molar-refractivity contribution in [3.63, 3.8) is 0 Å². The van der Waals surface area contributed by atoms with Gasteiger partial charge in [-0.15, -0.1) is 0 Å². The van der Waals surface area contributed by atoms with E-state index < -0.39 is 0 Å². The Morgan fingerprint density at radius 1 is 1.27 bits per heavy atom. The van der Waals surface area contributed by atoms with Crippen LogP contribution in [-0.2, 0) is 0 Å². The van der Waals surface area contributed by atoms with Crippen molar-refractivity contribution in [3.8, 4) is 0 Å². The van der Waals surface area contributed by atoms with Gasteiger partial charge in [-0.25, -0.2) is 0 Å². The van der Waals surface area contributed by atoms with Gasteiger partial charge in [0, 0.05) is 6.04 Å². The molecule has 1 fully saturated rings. The Hall–Kier alpha value is 0.310. The SMILES string of the molecule is CCNC(CC(CC)CC)C1CCSC1. The van der Waals surface area contributed by atoms with Gasteiger partial charge < -0.3 is 5.32 Å². The van der Waals surface area contributed by atoms with Crippen LogP contribution in [0.15, 0.2) is 0 Å². The highest BCUT2D eigenvalue weighted by Crippen LogP contribution is 2.30. The maximum absolute atomic E-state index is 3.71. The van der Waals surface area contributed by atoms with E-state index in [1.165, 1.54) is 37.2 Å². The summed E-state index contributed by atoms with van der Waals surface area (Å²) >= 11 is 2.14. The normalized spacial score (nSPS) is 23.6. The fourth-order valence-corrected chi connectivity index (χ4v) is 3.89. The van der Waals surface area contributed by atoms with Crippen molar-refractivity contribution in [3.05, 3.63) is 0 Å². The molecular formula is C13H27NS. The third kappa shape index (κ3) is 4.36. The predicted molar refractivity (Wildman–Crippen MR) is 71.6 cm³/mol. The van der Waals surface area contributed by atoms with Crippen LogP contribution in [0.25, 0.3) is 0 Å². The number of hydrogen-bond donors (Lipinski definition) is 1. The molecule has 0 radical (unpaired) electrons. The molecule has 1 rings (SSSR count). The summed E-state index contributed by atoms with van der Waals surface area (Å²) in [6, 6.07) is 0.787. The van der Waals surface area contributed by atoms with Gasteiger partial charge >= 0.3 is 0 Å². The first-order chi connectivity index (χ1) is 7.31. The summed E-state index contributed by atoms with van der Waals surface area (Å²) in [7, 11) is 0. The Balaban J connectivity index is 2.40. The van der Waals surface area contributed by atoms with Crippen LogP contribution in [0.1, 0.15) is 46.5 Å². The van der Waals surface area contributed by atoms with E-state index in [0.29, 0.717) is 0 Å². The summed E-state index contributed by atoms with van der Waals surface area (Å²) in [5, 5.41) is 3.71. The van der Waals surface area contributed by atoms with Crippen molar-refractivity contribution in [2.45, 2.75) is 52.5 Å². The smallest absolute Gasteiger partial charge is 0.0106 e. The molecule has 0 aromatic rings. The molecule has 1 saturated heterocycles. The monoisotopic (exact) mass is 229 g/mol. The van der Waals surface area contributed by atoms with Crippen LogP contribution >= 0.6 is 11.8 Å². The van der Waals surface area contributed by atoms with Crippen LogP contribution < -0.4 is 5.32 Å². The molecule has 90 valence electrons. The van der Waals surface area contributed by atoms with Gasteiger partial charge in [-0.2, -0.15) is 11.8 Å². The highest BCUT2D eigenvalue weighted by atomic mass is 32.2. The minimum absolute atomic E-state index is 0.787. The molecule has 1 heterocycles. The van der Waals surface area contributed by atoms with Crippen LogP contribution in [0.4, 0.5) is 0 Å². The van der Waals surface area contributed by atoms with E-state index in [1.54, 1.807) is 0 Å². The minimum Gasteiger partial charge on any atom is -0.314 e. The zero-order chi connectivity index (χ0) is 11.1. The second kappa shape index (κ2) is 7.56. The van der Waals surface area contributed by atoms with Gasteiger partial charge in [0.1, 0.15) is 0 Å². The zero-order valence-corrected chi connectivity index (χ0v) is 11.4. The first-order valence-electron chi connectivity index (χ1n) is 6.62. The molecule has 1 N–H and O–H groups in total. The predicted octanol–water partition coefficient (Wildman–Crippen LogP) is 3.54. The molecule has 0 aliphatic carbocycles. The molecule has 0 spiro atoms. The fraction of sp³-hybridized carbons (Fsp3) is 1.00. The second-order valence-corrected chi connectivity index (χ2v) is 5.86. The van der Waals surface area contributed by atoms with E-state index in [-0.39, 0.29) is 0 Å². The minimum atomic E-state index is 0.787. The average Bonchev–Trinajstić information content (AvgIpc) is 2.77. The summed E-state index contributed by atoms with van der Waals surface area (Å²) < 4.78 is 0. The molecule has 0 saturated carbocycles. The van der Waals surface area contributed by atoms with Crippen molar-refractivity contribution >= 4 is 11.8 Å². The molecule has 0 aromatic heterocycles. The van der Waals surface area contributed by atoms with Crippen molar-refractivity contribution in [1.29, 1.82) is 0 Å². The van der Waals surface area contributed by atoms with E-state index >= 15 is 0 Å².